The smallest absolute Gasteiger partial charge is 0.269 e. The molecule has 1 unspecified atom stereocenters. The van der Waals surface area contributed by atoms with Crippen LogP contribution in [0.25, 0.3) is 0 Å². The number of amides is 2. The van der Waals surface area contributed by atoms with E-state index in [4.69, 9.17) is 34.8 Å². The lowest BCUT2D eigenvalue weighted by atomic mass is 10.0. The summed E-state index contributed by atoms with van der Waals surface area (Å²) in [6.07, 6.45) is 0. The summed E-state index contributed by atoms with van der Waals surface area (Å²) in [4.78, 5) is 29.2. The fourth-order valence-corrected chi connectivity index (χ4v) is 6.33. The van der Waals surface area contributed by atoms with Crippen LogP contribution in [0.2, 0.25) is 15.1 Å². The van der Waals surface area contributed by atoms with E-state index in [1.807, 2.05) is 43.3 Å². The van der Waals surface area contributed by atoms with Crippen molar-refractivity contribution in [1.82, 2.24) is 0 Å². The zero-order valence-electron chi connectivity index (χ0n) is 16.9. The number of rotatable bonds is 3. The van der Waals surface area contributed by atoms with Gasteiger partial charge in [-0.25, -0.2) is 0 Å². The quantitative estimate of drug-likeness (QED) is 0.413. The van der Waals surface area contributed by atoms with Crippen molar-refractivity contribution in [3.05, 3.63) is 92.4 Å². The van der Waals surface area contributed by atoms with Gasteiger partial charge < -0.3 is 4.90 Å². The number of hydrogen-bond donors (Lipinski definition) is 0. The molecular formula is C24H17Cl3N2O2S. The highest BCUT2D eigenvalue weighted by atomic mass is 35.5. The van der Waals surface area contributed by atoms with E-state index in [0.717, 1.165) is 16.8 Å². The van der Waals surface area contributed by atoms with Crippen molar-refractivity contribution < 1.29 is 9.59 Å². The number of thioether (sulfide) groups is 1. The molecule has 1 atom stereocenters. The second-order valence-electron chi connectivity index (χ2n) is 7.70. The van der Waals surface area contributed by atoms with Gasteiger partial charge in [0.1, 0.15) is 0 Å². The van der Waals surface area contributed by atoms with E-state index in [-0.39, 0.29) is 24.1 Å². The maximum absolute atomic E-state index is 14.1. The molecule has 162 valence electrons. The monoisotopic (exact) mass is 502 g/mol. The minimum atomic E-state index is -1.21. The normalized spacial score (nSPS) is 19.9. The summed E-state index contributed by atoms with van der Waals surface area (Å²) in [5.41, 5.74) is 3.66. The molecule has 5 rings (SSSR count). The molecule has 0 bridgehead atoms. The van der Waals surface area contributed by atoms with Gasteiger partial charge in [0, 0.05) is 31.9 Å². The van der Waals surface area contributed by atoms with E-state index in [1.54, 1.807) is 34.1 Å². The van der Waals surface area contributed by atoms with Gasteiger partial charge in [-0.3, -0.25) is 14.5 Å². The molecular weight excluding hydrogens is 487 g/mol. The van der Waals surface area contributed by atoms with E-state index in [2.05, 4.69) is 0 Å². The van der Waals surface area contributed by atoms with Crippen LogP contribution in [-0.2, 0) is 21.0 Å². The van der Waals surface area contributed by atoms with Crippen molar-refractivity contribution in [2.75, 3.05) is 15.6 Å². The van der Waals surface area contributed by atoms with Gasteiger partial charge in [-0.15, -0.1) is 11.8 Å². The van der Waals surface area contributed by atoms with Gasteiger partial charge in [0.25, 0.3) is 5.91 Å². The third-order valence-electron chi connectivity index (χ3n) is 5.86. The fourth-order valence-electron chi connectivity index (χ4n) is 4.27. The molecule has 0 N–H and O–H groups in total. The van der Waals surface area contributed by atoms with Gasteiger partial charge >= 0.3 is 0 Å². The van der Waals surface area contributed by atoms with E-state index in [9.17, 15) is 9.59 Å². The van der Waals surface area contributed by atoms with Crippen LogP contribution in [0.1, 0.15) is 16.7 Å². The number of anilines is 2. The Morgan fingerprint density at radius 3 is 2.38 bits per heavy atom. The number of carbonyl (C=O) groups is 2. The minimum Gasteiger partial charge on any atom is -0.304 e. The molecule has 0 aromatic heterocycles. The van der Waals surface area contributed by atoms with Crippen molar-refractivity contribution in [1.29, 1.82) is 0 Å². The lowest BCUT2D eigenvalue weighted by molar-refractivity contribution is -0.123. The maximum Gasteiger partial charge on any atom is 0.269 e. The molecule has 3 aromatic carbocycles. The molecule has 2 heterocycles. The van der Waals surface area contributed by atoms with Gasteiger partial charge in [0.15, 0.2) is 0 Å². The Bertz CT molecular complexity index is 1260. The Labute approximate surface area is 205 Å². The molecule has 0 radical (unpaired) electrons. The van der Waals surface area contributed by atoms with Crippen LogP contribution in [0.3, 0.4) is 0 Å². The van der Waals surface area contributed by atoms with E-state index in [1.165, 1.54) is 11.8 Å². The second kappa shape index (κ2) is 7.99. The number of nitrogens with zero attached hydrogens (tertiary/aromatic N) is 2. The molecule has 32 heavy (non-hydrogen) atoms. The Morgan fingerprint density at radius 1 is 0.938 bits per heavy atom. The molecule has 1 spiro atoms. The molecule has 1 saturated heterocycles. The molecule has 3 aromatic rings. The molecule has 8 heteroatoms. The molecule has 0 saturated carbocycles. The summed E-state index contributed by atoms with van der Waals surface area (Å²) in [7, 11) is 0. The molecule has 2 aliphatic rings. The van der Waals surface area contributed by atoms with Crippen molar-refractivity contribution in [3.63, 3.8) is 0 Å². The van der Waals surface area contributed by atoms with Gasteiger partial charge in [0.2, 0.25) is 10.8 Å². The summed E-state index contributed by atoms with van der Waals surface area (Å²) in [6, 6.07) is 18.2. The summed E-state index contributed by atoms with van der Waals surface area (Å²) in [5.74, 6) is -0.162. The third kappa shape index (κ3) is 3.14. The summed E-state index contributed by atoms with van der Waals surface area (Å²) < 4.78 is 0. The summed E-state index contributed by atoms with van der Waals surface area (Å²) in [5, 5.41) is 1.52. The van der Waals surface area contributed by atoms with Gasteiger partial charge in [-0.2, -0.15) is 0 Å². The lowest BCUT2D eigenvalue weighted by Gasteiger charge is -2.33. The summed E-state index contributed by atoms with van der Waals surface area (Å²) >= 11 is 20.5. The van der Waals surface area contributed by atoms with Crippen LogP contribution in [-0.4, -0.2) is 17.6 Å². The zero-order valence-corrected chi connectivity index (χ0v) is 20.0. The topological polar surface area (TPSA) is 40.6 Å². The predicted molar refractivity (Wildman–Crippen MR) is 132 cm³/mol. The fraction of sp³-hybridized carbons (Fsp3) is 0.167. The number of aryl methyl sites for hydroxylation is 1. The Hall–Kier alpha value is -2.18. The first kappa shape index (κ1) is 21.7. The number of fused-ring (bicyclic) bond motifs is 2. The number of halogens is 3. The van der Waals surface area contributed by atoms with Crippen LogP contribution < -0.4 is 9.80 Å². The van der Waals surface area contributed by atoms with Crippen molar-refractivity contribution >= 4 is 69.8 Å². The van der Waals surface area contributed by atoms with E-state index < -0.39 is 4.87 Å². The number of benzene rings is 3. The van der Waals surface area contributed by atoms with Crippen LogP contribution in [0.15, 0.2) is 60.7 Å². The highest BCUT2D eigenvalue weighted by Crippen LogP contribution is 2.56. The Balaban J connectivity index is 1.66. The van der Waals surface area contributed by atoms with Gasteiger partial charge in [-0.1, -0.05) is 65.1 Å². The van der Waals surface area contributed by atoms with Gasteiger partial charge in [0.05, 0.1) is 18.0 Å². The highest BCUT2D eigenvalue weighted by Gasteiger charge is 2.61. The maximum atomic E-state index is 14.1. The third-order valence-corrected chi connectivity index (χ3v) is 8.36. The van der Waals surface area contributed by atoms with Crippen LogP contribution in [0, 0.1) is 6.92 Å². The average molecular weight is 504 g/mol. The molecule has 2 amide bonds. The van der Waals surface area contributed by atoms with Crippen molar-refractivity contribution in [2.45, 2.75) is 18.3 Å². The Morgan fingerprint density at radius 2 is 1.66 bits per heavy atom. The first-order valence-electron chi connectivity index (χ1n) is 9.92. The van der Waals surface area contributed by atoms with E-state index >= 15 is 0 Å². The van der Waals surface area contributed by atoms with Gasteiger partial charge in [-0.05, 0) is 42.8 Å². The molecule has 2 aliphatic heterocycles. The highest BCUT2D eigenvalue weighted by molar-refractivity contribution is 8.02. The predicted octanol–water partition coefficient (Wildman–Crippen LogP) is 6.43. The zero-order chi connectivity index (χ0) is 22.6. The van der Waals surface area contributed by atoms with Crippen molar-refractivity contribution in [3.8, 4) is 0 Å². The average Bonchev–Trinajstić information content (AvgIpc) is 3.23. The molecule has 0 aliphatic carbocycles. The Kier molecular flexibility index (Phi) is 5.41. The van der Waals surface area contributed by atoms with Crippen molar-refractivity contribution in [2.24, 2.45) is 0 Å². The largest absolute Gasteiger partial charge is 0.304 e. The number of para-hydroxylation sites is 1. The summed E-state index contributed by atoms with van der Waals surface area (Å²) in [6.45, 7) is 2.10. The molecule has 1 fully saturated rings. The SMILES string of the molecule is Cc1ccc(N2C(=O)CSC23C(=O)N(Cc2c(Cl)cccc2Cl)c2ccccc23)cc1Cl. The van der Waals surface area contributed by atoms with Crippen LogP contribution >= 0.6 is 46.6 Å². The first-order chi connectivity index (χ1) is 15.3. The first-order valence-corrected chi connectivity index (χ1v) is 12.0. The van der Waals surface area contributed by atoms with Crippen LogP contribution in [0.5, 0.6) is 0 Å². The standard InChI is InChI=1S/C24H17Cl3N2O2S/c1-14-9-10-15(11-20(14)27)29-22(30)13-32-24(29)17-5-2-3-8-21(17)28(23(24)31)12-16-18(25)6-4-7-19(16)26/h2-11H,12-13H2,1H3. The lowest BCUT2D eigenvalue weighted by Crippen LogP contribution is -2.49. The second-order valence-corrected chi connectivity index (χ2v) is 10.1. The number of carbonyl (C=O) groups excluding carboxylic acids is 2. The molecule has 4 nitrogen and oxygen atoms in total. The van der Waals surface area contributed by atoms with Crippen LogP contribution in [0.4, 0.5) is 11.4 Å². The minimum absolute atomic E-state index is 0.143. The van der Waals surface area contributed by atoms with E-state index in [0.29, 0.717) is 26.3 Å². The number of hydrogen-bond acceptors (Lipinski definition) is 3.